The summed E-state index contributed by atoms with van der Waals surface area (Å²) in [7, 11) is 1.22. The smallest absolute Gasteiger partial charge is 0.314 e. The van der Waals surface area contributed by atoms with Crippen LogP contribution in [0, 0.1) is 5.82 Å². The molecule has 0 unspecified atom stereocenters. The van der Waals surface area contributed by atoms with Crippen molar-refractivity contribution in [2.45, 2.75) is 37.5 Å². The van der Waals surface area contributed by atoms with Crippen molar-refractivity contribution in [1.82, 2.24) is 0 Å². The highest BCUT2D eigenvalue weighted by atomic mass is 19.1. The molecule has 0 amide bonds. The number of halogens is 1. The van der Waals surface area contributed by atoms with Gasteiger partial charge in [-0.25, -0.2) is 4.39 Å². The largest absolute Gasteiger partial charge is 0.504 e. The molecule has 0 aliphatic heterocycles. The zero-order valence-electron chi connectivity index (χ0n) is 11.1. The van der Waals surface area contributed by atoms with Crippen LogP contribution in [0.3, 0.4) is 0 Å². The van der Waals surface area contributed by atoms with E-state index in [9.17, 15) is 24.5 Å². The molecule has 1 fully saturated rings. The fraction of sp³-hybridized carbons (Fsp3) is 0.500. The van der Waals surface area contributed by atoms with Gasteiger partial charge in [0, 0.05) is 6.07 Å². The predicted octanol–water partition coefficient (Wildman–Crippen LogP) is 2.53. The van der Waals surface area contributed by atoms with Crippen LogP contribution in [0.15, 0.2) is 6.07 Å². The van der Waals surface area contributed by atoms with Gasteiger partial charge in [0.05, 0.1) is 18.1 Å². The van der Waals surface area contributed by atoms with Gasteiger partial charge < -0.3 is 20.1 Å². The number of hydrogen-bond donors (Lipinski definition) is 3. The van der Waals surface area contributed by atoms with Crippen molar-refractivity contribution in [2.75, 3.05) is 7.11 Å². The third-order valence-corrected chi connectivity index (χ3v) is 4.00. The number of benzene rings is 1. The zero-order chi connectivity index (χ0) is 14.9. The van der Waals surface area contributed by atoms with Crippen LogP contribution >= 0.6 is 0 Å². The van der Waals surface area contributed by atoms with Gasteiger partial charge in [-0.1, -0.05) is 19.3 Å². The molecule has 5 nitrogen and oxygen atoms in total. The second kappa shape index (κ2) is 5.19. The van der Waals surface area contributed by atoms with E-state index in [0.717, 1.165) is 12.5 Å². The molecule has 1 aromatic rings. The molecule has 1 aromatic carbocycles. The molecule has 0 spiro atoms. The molecule has 2 rings (SSSR count). The van der Waals surface area contributed by atoms with Gasteiger partial charge in [0.1, 0.15) is 0 Å². The van der Waals surface area contributed by atoms with Crippen molar-refractivity contribution in [2.24, 2.45) is 0 Å². The van der Waals surface area contributed by atoms with Crippen molar-refractivity contribution in [3.63, 3.8) is 0 Å². The Balaban J connectivity index is 2.70. The quantitative estimate of drug-likeness (QED) is 0.742. The number of carboxylic acids is 1. The molecular formula is C14H17FO5. The van der Waals surface area contributed by atoms with Gasteiger partial charge in [-0.2, -0.15) is 0 Å². The molecule has 0 aromatic heterocycles. The summed E-state index contributed by atoms with van der Waals surface area (Å²) in [6, 6.07) is 0.937. The van der Waals surface area contributed by atoms with Gasteiger partial charge in [-0.3, -0.25) is 4.79 Å². The summed E-state index contributed by atoms with van der Waals surface area (Å²) in [6.45, 7) is 0. The Bertz CT molecular complexity index is 535. The number of carbonyl (C=O) groups is 1. The summed E-state index contributed by atoms with van der Waals surface area (Å²) in [5.74, 6) is -3.69. The first kappa shape index (κ1) is 14.4. The molecule has 20 heavy (non-hydrogen) atoms. The van der Waals surface area contributed by atoms with E-state index in [4.69, 9.17) is 4.74 Å². The van der Waals surface area contributed by atoms with Crippen LogP contribution in [-0.4, -0.2) is 28.4 Å². The minimum absolute atomic E-state index is 0.222. The third kappa shape index (κ3) is 2.05. The fourth-order valence-electron chi connectivity index (χ4n) is 2.92. The monoisotopic (exact) mass is 284 g/mol. The van der Waals surface area contributed by atoms with Crippen molar-refractivity contribution in [3.05, 3.63) is 17.4 Å². The Labute approximate surface area is 115 Å². The SMILES string of the molecule is COc1cc(O)c(O)c(C2(C(=O)O)CCCCC2)c1F. The lowest BCUT2D eigenvalue weighted by atomic mass is 9.68. The Kier molecular flexibility index (Phi) is 3.74. The average molecular weight is 284 g/mol. The number of carboxylic acid groups (broad SMARTS) is 1. The summed E-state index contributed by atoms with van der Waals surface area (Å²) in [5, 5.41) is 29.2. The number of phenolic OH excluding ortho intramolecular Hbond substituents is 2. The molecule has 6 heteroatoms. The van der Waals surface area contributed by atoms with Gasteiger partial charge in [0.15, 0.2) is 23.1 Å². The van der Waals surface area contributed by atoms with Crippen LogP contribution in [0.5, 0.6) is 17.2 Å². The molecule has 0 bridgehead atoms. The predicted molar refractivity (Wildman–Crippen MR) is 68.7 cm³/mol. The van der Waals surface area contributed by atoms with E-state index in [1.165, 1.54) is 7.11 Å². The molecule has 0 saturated heterocycles. The normalized spacial score (nSPS) is 17.7. The molecule has 0 atom stereocenters. The van der Waals surface area contributed by atoms with Crippen LogP contribution in [0.1, 0.15) is 37.7 Å². The first-order valence-corrected chi connectivity index (χ1v) is 6.46. The Morgan fingerprint density at radius 1 is 1.30 bits per heavy atom. The number of aliphatic carboxylic acids is 1. The minimum Gasteiger partial charge on any atom is -0.504 e. The number of ether oxygens (including phenoxy) is 1. The first-order valence-electron chi connectivity index (χ1n) is 6.46. The van der Waals surface area contributed by atoms with Crippen LogP contribution < -0.4 is 4.74 Å². The maximum atomic E-state index is 14.4. The van der Waals surface area contributed by atoms with E-state index in [-0.39, 0.29) is 24.2 Å². The number of rotatable bonds is 3. The Hall–Kier alpha value is -1.98. The van der Waals surface area contributed by atoms with Crippen LogP contribution in [0.25, 0.3) is 0 Å². The molecule has 1 aliphatic rings. The van der Waals surface area contributed by atoms with E-state index < -0.39 is 28.7 Å². The van der Waals surface area contributed by atoms with E-state index in [2.05, 4.69) is 0 Å². The van der Waals surface area contributed by atoms with Crippen molar-refractivity contribution < 1.29 is 29.2 Å². The second-order valence-corrected chi connectivity index (χ2v) is 5.08. The molecule has 1 aliphatic carbocycles. The van der Waals surface area contributed by atoms with E-state index in [0.29, 0.717) is 12.8 Å². The zero-order valence-corrected chi connectivity index (χ0v) is 11.1. The summed E-state index contributed by atoms with van der Waals surface area (Å²) in [6.07, 6.45) is 2.57. The van der Waals surface area contributed by atoms with Gasteiger partial charge in [-0.15, -0.1) is 0 Å². The minimum atomic E-state index is -1.52. The van der Waals surface area contributed by atoms with E-state index in [1.54, 1.807) is 0 Å². The van der Waals surface area contributed by atoms with Gasteiger partial charge in [0.25, 0.3) is 0 Å². The fourth-order valence-corrected chi connectivity index (χ4v) is 2.92. The van der Waals surface area contributed by atoms with Gasteiger partial charge in [0.2, 0.25) is 0 Å². The topological polar surface area (TPSA) is 87.0 Å². The molecule has 3 N–H and O–H groups in total. The maximum absolute atomic E-state index is 14.4. The number of aromatic hydroxyl groups is 2. The number of phenols is 2. The van der Waals surface area contributed by atoms with E-state index in [1.807, 2.05) is 0 Å². The molecule has 1 saturated carbocycles. The summed E-state index contributed by atoms with van der Waals surface area (Å²) in [4.78, 5) is 11.7. The lowest BCUT2D eigenvalue weighted by Crippen LogP contribution is -2.38. The van der Waals surface area contributed by atoms with Crippen LogP contribution in [-0.2, 0) is 10.2 Å². The summed E-state index contributed by atoms with van der Waals surface area (Å²) < 4.78 is 19.2. The molecule has 0 radical (unpaired) electrons. The van der Waals surface area contributed by atoms with Crippen molar-refractivity contribution in [3.8, 4) is 17.2 Å². The maximum Gasteiger partial charge on any atom is 0.314 e. The third-order valence-electron chi connectivity index (χ3n) is 4.00. The van der Waals surface area contributed by atoms with Gasteiger partial charge >= 0.3 is 5.97 Å². The standard InChI is InChI=1S/C14H17FO5/c1-20-9-7-8(16)12(17)10(11(9)15)14(13(18)19)5-3-2-4-6-14/h7,16-17H,2-6H2,1H3,(H,18,19). The number of methoxy groups -OCH3 is 1. The van der Waals surface area contributed by atoms with Gasteiger partial charge in [-0.05, 0) is 12.8 Å². The lowest BCUT2D eigenvalue weighted by Gasteiger charge is -2.34. The highest BCUT2D eigenvalue weighted by Gasteiger charge is 2.46. The summed E-state index contributed by atoms with van der Waals surface area (Å²) >= 11 is 0. The second-order valence-electron chi connectivity index (χ2n) is 5.08. The Morgan fingerprint density at radius 3 is 2.40 bits per heavy atom. The average Bonchev–Trinajstić information content (AvgIpc) is 2.44. The summed E-state index contributed by atoms with van der Waals surface area (Å²) in [5.41, 5.74) is -1.89. The molecule has 110 valence electrons. The molecule has 0 heterocycles. The first-order chi connectivity index (χ1) is 9.44. The van der Waals surface area contributed by atoms with E-state index >= 15 is 0 Å². The number of hydrogen-bond acceptors (Lipinski definition) is 4. The lowest BCUT2D eigenvalue weighted by molar-refractivity contribution is -0.145. The van der Waals surface area contributed by atoms with Crippen molar-refractivity contribution in [1.29, 1.82) is 0 Å². The highest BCUT2D eigenvalue weighted by Crippen LogP contribution is 2.49. The van der Waals surface area contributed by atoms with Crippen LogP contribution in [0.2, 0.25) is 0 Å². The Morgan fingerprint density at radius 2 is 1.90 bits per heavy atom. The van der Waals surface area contributed by atoms with Crippen molar-refractivity contribution >= 4 is 5.97 Å². The molecular weight excluding hydrogens is 267 g/mol. The highest BCUT2D eigenvalue weighted by molar-refractivity contribution is 5.83. The van der Waals surface area contributed by atoms with Crippen LogP contribution in [0.4, 0.5) is 4.39 Å².